The number of nitrogens with zero attached hydrogens (tertiary/aromatic N) is 3. The minimum Gasteiger partial charge on any atom is -0.295 e. The molecule has 134 valence electrons. The maximum Gasteiger partial charge on any atom is 0.260 e. The highest BCUT2D eigenvalue weighted by Crippen LogP contribution is 2.42. The lowest BCUT2D eigenvalue weighted by molar-refractivity contribution is -0.134. The first-order valence-electron chi connectivity index (χ1n) is 8.39. The van der Waals surface area contributed by atoms with Gasteiger partial charge in [0.15, 0.2) is 0 Å². The molecule has 1 fully saturated rings. The van der Waals surface area contributed by atoms with Gasteiger partial charge in [-0.05, 0) is 12.5 Å². The molecule has 1 saturated heterocycles. The summed E-state index contributed by atoms with van der Waals surface area (Å²) in [5.74, 6) is -0.565. The number of nitrogens with one attached hydrogen (secondary N) is 2. The van der Waals surface area contributed by atoms with Crippen LogP contribution in [0.15, 0.2) is 46.6 Å². The van der Waals surface area contributed by atoms with Crippen LogP contribution in [0.3, 0.4) is 0 Å². The molecule has 0 radical (unpaired) electrons. The zero-order valence-corrected chi connectivity index (χ0v) is 14.7. The van der Waals surface area contributed by atoms with Crippen molar-refractivity contribution in [3.63, 3.8) is 0 Å². The third kappa shape index (κ3) is 2.42. The van der Waals surface area contributed by atoms with E-state index in [1.165, 1.54) is 16.7 Å². The van der Waals surface area contributed by atoms with Crippen LogP contribution in [0.5, 0.6) is 0 Å². The summed E-state index contributed by atoms with van der Waals surface area (Å²) in [6.45, 7) is 0. The van der Waals surface area contributed by atoms with Gasteiger partial charge in [0.1, 0.15) is 11.9 Å². The van der Waals surface area contributed by atoms with Gasteiger partial charge in [-0.2, -0.15) is 5.10 Å². The highest BCUT2D eigenvalue weighted by Gasteiger charge is 2.41. The van der Waals surface area contributed by atoms with Crippen LogP contribution in [0.2, 0.25) is 0 Å². The van der Waals surface area contributed by atoms with Crippen molar-refractivity contribution in [1.29, 1.82) is 0 Å². The summed E-state index contributed by atoms with van der Waals surface area (Å²) >= 11 is 1.50. The molecule has 0 spiro atoms. The number of anilines is 1. The molecule has 9 heteroatoms. The van der Waals surface area contributed by atoms with Gasteiger partial charge in [-0.3, -0.25) is 29.7 Å². The Morgan fingerprint density at radius 2 is 2.07 bits per heavy atom. The van der Waals surface area contributed by atoms with E-state index in [-0.39, 0.29) is 18.2 Å². The highest BCUT2D eigenvalue weighted by molar-refractivity contribution is 7.99. The molecule has 0 saturated carbocycles. The number of imide groups is 1. The number of carbonyl (C=O) groups excluding carboxylic acids is 3. The quantitative estimate of drug-likeness (QED) is 0.673. The van der Waals surface area contributed by atoms with Gasteiger partial charge in [-0.25, -0.2) is 4.98 Å². The number of piperidine rings is 1. The maximum atomic E-state index is 13.0. The fourth-order valence-electron chi connectivity index (χ4n) is 3.56. The van der Waals surface area contributed by atoms with Gasteiger partial charge in [0.05, 0.1) is 16.7 Å². The zero-order chi connectivity index (χ0) is 18.5. The van der Waals surface area contributed by atoms with Gasteiger partial charge in [0.2, 0.25) is 11.8 Å². The summed E-state index contributed by atoms with van der Waals surface area (Å²) < 4.78 is 0. The largest absolute Gasteiger partial charge is 0.295 e. The maximum absolute atomic E-state index is 13.0. The van der Waals surface area contributed by atoms with Crippen molar-refractivity contribution in [3.8, 4) is 0 Å². The summed E-state index contributed by atoms with van der Waals surface area (Å²) in [6, 6.07) is 4.78. The molecule has 8 nitrogen and oxygen atoms in total. The van der Waals surface area contributed by atoms with E-state index in [0.717, 1.165) is 20.6 Å². The van der Waals surface area contributed by atoms with E-state index in [1.54, 1.807) is 24.7 Å². The molecular weight excluding hydrogens is 366 g/mol. The zero-order valence-electron chi connectivity index (χ0n) is 13.9. The third-order valence-electron chi connectivity index (χ3n) is 4.76. The van der Waals surface area contributed by atoms with E-state index in [1.807, 2.05) is 12.1 Å². The van der Waals surface area contributed by atoms with Gasteiger partial charge >= 0.3 is 0 Å². The molecule has 1 unspecified atom stereocenters. The van der Waals surface area contributed by atoms with Gasteiger partial charge in [0, 0.05) is 34.5 Å². The SMILES string of the molecule is O=C1CCC(N2C(=O)c3cccc4c(Sc5cn[nH]c5)cnc2c34)C(=O)N1. The van der Waals surface area contributed by atoms with Crippen molar-refractivity contribution in [2.75, 3.05) is 4.90 Å². The van der Waals surface area contributed by atoms with Crippen LogP contribution in [0.25, 0.3) is 10.8 Å². The first-order valence-corrected chi connectivity index (χ1v) is 9.21. The molecule has 1 aromatic carbocycles. The summed E-state index contributed by atoms with van der Waals surface area (Å²) in [7, 11) is 0. The minimum atomic E-state index is -0.731. The van der Waals surface area contributed by atoms with E-state index in [2.05, 4.69) is 20.5 Å². The number of hydrogen-bond donors (Lipinski definition) is 2. The fourth-order valence-corrected chi connectivity index (χ4v) is 4.42. The van der Waals surface area contributed by atoms with Gasteiger partial charge in [-0.15, -0.1) is 0 Å². The summed E-state index contributed by atoms with van der Waals surface area (Å²) in [6.07, 6.45) is 5.70. The molecular formula is C18H13N5O3S. The van der Waals surface area contributed by atoms with Crippen LogP contribution in [0.4, 0.5) is 5.82 Å². The number of hydrogen-bond acceptors (Lipinski definition) is 6. The third-order valence-corrected chi connectivity index (χ3v) is 5.76. The van der Waals surface area contributed by atoms with Crippen LogP contribution in [-0.4, -0.2) is 38.9 Å². The summed E-state index contributed by atoms with van der Waals surface area (Å²) in [5, 5.41) is 10.7. The average molecular weight is 379 g/mol. The van der Waals surface area contributed by atoms with Gasteiger partial charge in [-0.1, -0.05) is 23.9 Å². The molecule has 1 atom stereocenters. The van der Waals surface area contributed by atoms with Gasteiger partial charge in [0.25, 0.3) is 5.91 Å². The molecule has 3 amide bonds. The number of H-pyrrole nitrogens is 1. The Kier molecular flexibility index (Phi) is 3.51. The van der Waals surface area contributed by atoms with Crippen molar-refractivity contribution in [2.45, 2.75) is 28.7 Å². The summed E-state index contributed by atoms with van der Waals surface area (Å²) in [4.78, 5) is 44.6. The number of aromatic amines is 1. The predicted octanol–water partition coefficient (Wildman–Crippen LogP) is 1.87. The molecule has 3 aromatic rings. The number of pyridine rings is 1. The second kappa shape index (κ2) is 5.92. The Morgan fingerprint density at radius 3 is 2.85 bits per heavy atom. The number of rotatable bonds is 3. The van der Waals surface area contributed by atoms with Crippen molar-refractivity contribution < 1.29 is 14.4 Å². The van der Waals surface area contributed by atoms with Crippen molar-refractivity contribution in [1.82, 2.24) is 20.5 Å². The molecule has 4 heterocycles. The standard InChI is InChI=1S/C18H13N5O3S/c24-14-5-4-12(17(25)22-14)23-16-15-10(2-1-3-11(15)18(23)26)13(8-19-16)27-9-6-20-21-7-9/h1-3,6-8,12H,4-5H2,(H,20,21)(H,22,24,25). The minimum absolute atomic E-state index is 0.202. The molecule has 2 aromatic heterocycles. The second-order valence-corrected chi connectivity index (χ2v) is 7.47. The van der Waals surface area contributed by atoms with Crippen LogP contribution >= 0.6 is 11.8 Å². The smallest absolute Gasteiger partial charge is 0.260 e. The molecule has 2 aliphatic rings. The Morgan fingerprint density at radius 1 is 1.19 bits per heavy atom. The lowest BCUT2D eigenvalue weighted by Crippen LogP contribution is -2.53. The predicted molar refractivity (Wildman–Crippen MR) is 97.4 cm³/mol. The monoisotopic (exact) mass is 379 g/mol. The molecule has 0 bridgehead atoms. The van der Waals surface area contributed by atoms with Crippen LogP contribution in [0.1, 0.15) is 23.2 Å². The van der Waals surface area contributed by atoms with Crippen molar-refractivity contribution in [2.24, 2.45) is 0 Å². The normalized spacial score (nSPS) is 19.0. The van der Waals surface area contributed by atoms with E-state index in [4.69, 9.17) is 0 Å². The number of aromatic nitrogens is 3. The number of amides is 3. The Labute approximate surface area is 157 Å². The Bertz CT molecular complexity index is 1110. The molecule has 5 rings (SSSR count). The van der Waals surface area contributed by atoms with Gasteiger partial charge < -0.3 is 0 Å². The van der Waals surface area contributed by atoms with Crippen LogP contribution in [-0.2, 0) is 9.59 Å². The first-order chi connectivity index (χ1) is 13.1. The van der Waals surface area contributed by atoms with E-state index in [0.29, 0.717) is 17.8 Å². The average Bonchev–Trinajstić information content (AvgIpc) is 3.26. The van der Waals surface area contributed by atoms with E-state index >= 15 is 0 Å². The summed E-state index contributed by atoms with van der Waals surface area (Å²) in [5.41, 5.74) is 0.523. The lowest BCUT2D eigenvalue weighted by Gasteiger charge is -2.29. The Balaban J connectivity index is 1.62. The number of carbonyl (C=O) groups is 3. The van der Waals surface area contributed by atoms with E-state index in [9.17, 15) is 14.4 Å². The second-order valence-electron chi connectivity index (χ2n) is 6.35. The van der Waals surface area contributed by atoms with Crippen LogP contribution in [0, 0.1) is 0 Å². The Hall–Kier alpha value is -3.20. The van der Waals surface area contributed by atoms with Crippen molar-refractivity contribution >= 4 is 46.1 Å². The molecule has 0 aliphatic carbocycles. The molecule has 2 aliphatic heterocycles. The van der Waals surface area contributed by atoms with Crippen molar-refractivity contribution in [3.05, 3.63) is 42.4 Å². The first kappa shape index (κ1) is 16.0. The lowest BCUT2D eigenvalue weighted by atomic mass is 10.0. The topological polar surface area (TPSA) is 108 Å². The molecule has 2 N–H and O–H groups in total. The fraction of sp³-hybridized carbons (Fsp3) is 0.167. The highest BCUT2D eigenvalue weighted by atomic mass is 32.2. The van der Waals surface area contributed by atoms with Crippen LogP contribution < -0.4 is 10.2 Å². The molecule has 27 heavy (non-hydrogen) atoms. The number of benzene rings is 1. The van der Waals surface area contributed by atoms with E-state index < -0.39 is 11.9 Å².